The summed E-state index contributed by atoms with van der Waals surface area (Å²) >= 11 is -3.42. The van der Waals surface area contributed by atoms with Crippen LogP contribution in [0.3, 0.4) is 0 Å². The number of hydrogen-bond donors (Lipinski definition) is 0. The molecule has 0 atom stereocenters. The Bertz CT molecular complexity index is 886. The molecule has 2 aliphatic rings. The molecule has 0 N–H and O–H groups in total. The van der Waals surface area contributed by atoms with E-state index in [4.69, 9.17) is 0 Å². The maximum atomic E-state index is 2.66. The number of hydrogen-bond acceptors (Lipinski definition) is 0. The summed E-state index contributed by atoms with van der Waals surface area (Å²) in [6.07, 6.45) is 27.8. The topological polar surface area (TPSA) is 0 Å². The fourth-order valence-electron chi connectivity index (χ4n) is 6.45. The molecule has 0 nitrogen and oxygen atoms in total. The molecule has 0 heterocycles. The monoisotopic (exact) mass is 604 g/mol. The van der Waals surface area contributed by atoms with E-state index >= 15 is 0 Å². The molecular formula is C32H40Hf. The zero-order valence-corrected chi connectivity index (χ0v) is 24.1. The van der Waals surface area contributed by atoms with Crippen LogP contribution in [0.2, 0.25) is 6.34 Å². The average molecular weight is 603 g/mol. The molecule has 0 saturated heterocycles. The fraction of sp³-hybridized carbons (Fsp3) is 0.375. The van der Waals surface area contributed by atoms with Crippen LogP contribution in [0.15, 0.2) is 109 Å². The molecule has 0 fully saturated rings. The van der Waals surface area contributed by atoms with Crippen LogP contribution in [0.4, 0.5) is 0 Å². The van der Waals surface area contributed by atoms with Crippen molar-refractivity contribution in [2.75, 3.05) is 0 Å². The van der Waals surface area contributed by atoms with Gasteiger partial charge >= 0.3 is 207 Å². The van der Waals surface area contributed by atoms with Crippen LogP contribution in [0.5, 0.6) is 0 Å². The number of unbranched alkanes of at least 4 members (excludes halogenated alkanes) is 2. The molecule has 0 aliphatic heterocycles. The zero-order valence-electron chi connectivity index (χ0n) is 20.5. The predicted octanol–water partition coefficient (Wildman–Crippen LogP) is 9.49. The summed E-state index contributed by atoms with van der Waals surface area (Å²) in [5, 5.41) is 0. The number of allylic oxidation sites excluding steroid dienone is 8. The molecule has 0 aromatic heterocycles. The molecule has 172 valence electrons. The molecule has 0 amide bonds. The molecule has 0 saturated carbocycles. The minimum absolute atomic E-state index is 0.251. The van der Waals surface area contributed by atoms with Crippen molar-refractivity contribution in [2.24, 2.45) is 0 Å². The molecule has 4 rings (SSSR count). The van der Waals surface area contributed by atoms with Gasteiger partial charge in [0.1, 0.15) is 0 Å². The van der Waals surface area contributed by atoms with Gasteiger partial charge in [-0.05, 0) is 0 Å². The van der Waals surface area contributed by atoms with Crippen LogP contribution in [-0.2, 0) is 28.3 Å². The fourth-order valence-corrected chi connectivity index (χ4v) is 32.1. The van der Waals surface area contributed by atoms with E-state index in [0.29, 0.717) is 0 Å². The SMILES string of the molecule is CCCC[C]1([Hf]([CH2]c2ccccc2)([CH2]c2ccccc2)[C]2(CCCC)C=CC=C2)C=CC=C1. The molecular weight excluding hydrogens is 563 g/mol. The van der Waals surface area contributed by atoms with Crippen molar-refractivity contribution in [1.82, 2.24) is 0 Å². The molecule has 2 aromatic rings. The van der Waals surface area contributed by atoms with E-state index in [1.165, 1.54) is 46.9 Å². The second-order valence-corrected chi connectivity index (χ2v) is 27.1. The molecule has 2 aromatic carbocycles. The van der Waals surface area contributed by atoms with Gasteiger partial charge in [0.05, 0.1) is 0 Å². The second-order valence-electron chi connectivity index (χ2n) is 10.1. The van der Waals surface area contributed by atoms with Crippen molar-refractivity contribution in [3.8, 4) is 0 Å². The van der Waals surface area contributed by atoms with Gasteiger partial charge in [0.15, 0.2) is 0 Å². The normalized spacial score (nSPS) is 17.8. The summed E-state index contributed by atoms with van der Waals surface area (Å²) in [7, 11) is 0. The Morgan fingerprint density at radius 1 is 0.545 bits per heavy atom. The third kappa shape index (κ3) is 4.90. The maximum absolute atomic E-state index is 3.42. The van der Waals surface area contributed by atoms with Gasteiger partial charge in [-0.2, -0.15) is 0 Å². The third-order valence-corrected chi connectivity index (χ3v) is 32.4. The Kier molecular flexibility index (Phi) is 8.23. The summed E-state index contributed by atoms with van der Waals surface area (Å²) in [5.74, 6) is 0. The van der Waals surface area contributed by atoms with Gasteiger partial charge in [0.2, 0.25) is 0 Å². The summed E-state index contributed by atoms with van der Waals surface area (Å²) in [4.78, 5) is 0. The Morgan fingerprint density at radius 3 is 1.24 bits per heavy atom. The van der Waals surface area contributed by atoms with Gasteiger partial charge in [0, 0.05) is 0 Å². The van der Waals surface area contributed by atoms with Gasteiger partial charge in [-0.3, -0.25) is 0 Å². The average Bonchev–Trinajstić information content (AvgIpc) is 3.54. The van der Waals surface area contributed by atoms with Crippen molar-refractivity contribution in [2.45, 2.75) is 67.1 Å². The van der Waals surface area contributed by atoms with Crippen molar-refractivity contribution >= 4 is 0 Å². The van der Waals surface area contributed by atoms with Crippen LogP contribution < -0.4 is 0 Å². The van der Waals surface area contributed by atoms with E-state index < -0.39 is 20.0 Å². The van der Waals surface area contributed by atoms with Crippen LogP contribution in [-0.4, -0.2) is 0 Å². The van der Waals surface area contributed by atoms with E-state index in [2.05, 4.69) is 123 Å². The van der Waals surface area contributed by atoms with Gasteiger partial charge in [-0.1, -0.05) is 0 Å². The number of benzene rings is 2. The summed E-state index contributed by atoms with van der Waals surface area (Å²) < 4.78 is 3.09. The van der Waals surface area contributed by atoms with Gasteiger partial charge in [0.25, 0.3) is 0 Å². The first-order valence-corrected chi connectivity index (χ1v) is 21.7. The Hall–Kier alpha value is -1.73. The predicted molar refractivity (Wildman–Crippen MR) is 141 cm³/mol. The van der Waals surface area contributed by atoms with Crippen LogP contribution in [0.1, 0.15) is 63.5 Å². The van der Waals surface area contributed by atoms with E-state index in [0.717, 1.165) is 0 Å². The molecule has 0 bridgehead atoms. The van der Waals surface area contributed by atoms with Crippen LogP contribution in [0.25, 0.3) is 0 Å². The Morgan fingerprint density at radius 2 is 0.909 bits per heavy atom. The minimum atomic E-state index is -3.42. The molecule has 0 unspecified atom stereocenters. The summed E-state index contributed by atoms with van der Waals surface area (Å²) in [6, 6.07) is 22.9. The zero-order chi connectivity index (χ0) is 23.0. The van der Waals surface area contributed by atoms with Crippen LogP contribution in [0, 0.1) is 0 Å². The first kappa shape index (κ1) is 24.4. The quantitative estimate of drug-likeness (QED) is 0.212. The van der Waals surface area contributed by atoms with Crippen molar-refractivity contribution in [3.05, 3.63) is 120 Å². The molecule has 2 aliphatic carbocycles. The van der Waals surface area contributed by atoms with E-state index in [9.17, 15) is 0 Å². The van der Waals surface area contributed by atoms with Gasteiger partial charge in [-0.25, -0.2) is 0 Å². The summed E-state index contributed by atoms with van der Waals surface area (Å²) in [5.41, 5.74) is 3.09. The van der Waals surface area contributed by atoms with Crippen LogP contribution >= 0.6 is 0 Å². The molecule has 1 heteroatoms. The molecule has 33 heavy (non-hydrogen) atoms. The van der Waals surface area contributed by atoms with Crippen molar-refractivity contribution in [3.63, 3.8) is 0 Å². The molecule has 0 spiro atoms. The number of rotatable bonds is 12. The van der Waals surface area contributed by atoms with Crippen molar-refractivity contribution in [1.29, 1.82) is 0 Å². The first-order chi connectivity index (χ1) is 16.2. The van der Waals surface area contributed by atoms with E-state index in [1.807, 2.05) is 0 Å². The van der Waals surface area contributed by atoms with Gasteiger partial charge in [-0.15, -0.1) is 0 Å². The third-order valence-electron chi connectivity index (χ3n) is 8.16. The Labute approximate surface area is 206 Å². The van der Waals surface area contributed by atoms with Crippen molar-refractivity contribution < 1.29 is 20.0 Å². The standard InChI is InChI=1S/2C9H13.2C7H7.Hf/c2*1-2-3-6-9-7-4-5-8-9;2*1-7-5-3-2-4-6-7;/h2*4-5,7-8H,2-3,6H2,1H3;2*2-6H,1H2;. The second kappa shape index (κ2) is 11.1. The van der Waals surface area contributed by atoms with E-state index in [-0.39, 0.29) is 6.34 Å². The summed E-state index contributed by atoms with van der Waals surface area (Å²) in [6.45, 7) is 4.70. The van der Waals surface area contributed by atoms with E-state index in [1.54, 1.807) is 11.1 Å². The first-order valence-electron chi connectivity index (χ1n) is 13.0. The molecule has 0 radical (unpaired) electrons. The Balaban J connectivity index is 1.96. The van der Waals surface area contributed by atoms with Gasteiger partial charge < -0.3 is 0 Å².